The van der Waals surface area contributed by atoms with Crippen molar-refractivity contribution in [2.75, 3.05) is 32.1 Å². The number of pyridine rings is 1. The second-order valence-electron chi connectivity index (χ2n) is 8.73. The van der Waals surface area contributed by atoms with E-state index in [2.05, 4.69) is 15.3 Å². The highest BCUT2D eigenvalue weighted by molar-refractivity contribution is 5.90. The van der Waals surface area contributed by atoms with Gasteiger partial charge in [-0.05, 0) is 39.0 Å². The molecular formula is C25H31N5O5. The summed E-state index contributed by atoms with van der Waals surface area (Å²) >= 11 is 0. The predicted molar refractivity (Wildman–Crippen MR) is 131 cm³/mol. The van der Waals surface area contributed by atoms with E-state index >= 15 is 0 Å². The van der Waals surface area contributed by atoms with E-state index in [1.807, 2.05) is 41.0 Å². The number of aromatic nitrogens is 3. The molecule has 0 aliphatic heterocycles. The molecule has 10 nitrogen and oxygen atoms in total. The molecule has 2 heterocycles. The van der Waals surface area contributed by atoms with Gasteiger partial charge in [0.05, 0.1) is 19.9 Å². The van der Waals surface area contributed by atoms with Gasteiger partial charge in [0, 0.05) is 43.0 Å². The van der Waals surface area contributed by atoms with Crippen LogP contribution in [0.5, 0.6) is 5.88 Å². The van der Waals surface area contributed by atoms with Crippen molar-refractivity contribution in [1.29, 1.82) is 0 Å². The Bertz CT molecular complexity index is 1120. The van der Waals surface area contributed by atoms with E-state index in [-0.39, 0.29) is 32.0 Å². The van der Waals surface area contributed by atoms with Crippen molar-refractivity contribution < 1.29 is 24.2 Å². The van der Waals surface area contributed by atoms with Gasteiger partial charge in [-0.3, -0.25) is 9.36 Å². The molecule has 35 heavy (non-hydrogen) atoms. The zero-order chi connectivity index (χ0) is 25.4. The summed E-state index contributed by atoms with van der Waals surface area (Å²) in [6, 6.07) is 13.2. The summed E-state index contributed by atoms with van der Waals surface area (Å²) in [6.45, 7) is 5.20. The van der Waals surface area contributed by atoms with Gasteiger partial charge in [-0.15, -0.1) is 0 Å². The molecule has 2 amide bonds. The molecule has 186 valence electrons. The molecule has 0 atom stereocenters. The Morgan fingerprint density at radius 2 is 1.86 bits per heavy atom. The van der Waals surface area contributed by atoms with Gasteiger partial charge >= 0.3 is 6.09 Å². The van der Waals surface area contributed by atoms with Crippen LogP contribution < -0.4 is 10.1 Å². The van der Waals surface area contributed by atoms with Crippen molar-refractivity contribution in [3.05, 3.63) is 54.9 Å². The molecule has 0 unspecified atom stereocenters. The standard InChI is InChI=1S/C25H31N5O5/c1-25(2,3)35-24(33)29(14-15-31)13-12-21(32)27-20-17-30(19-8-6-5-7-9-19)23(28-20)18-10-11-22(34-4)26-16-18/h5-11,16-17,31H,12-15H2,1-4H3,(H,27,32). The quantitative estimate of drug-likeness (QED) is 0.480. The highest BCUT2D eigenvalue weighted by Gasteiger charge is 2.22. The van der Waals surface area contributed by atoms with Gasteiger partial charge in [0.15, 0.2) is 5.82 Å². The number of methoxy groups -OCH3 is 1. The van der Waals surface area contributed by atoms with Crippen LogP contribution in [-0.4, -0.2) is 68.9 Å². The van der Waals surface area contributed by atoms with Gasteiger partial charge in [0.2, 0.25) is 11.8 Å². The van der Waals surface area contributed by atoms with Gasteiger partial charge in [-0.2, -0.15) is 0 Å². The molecule has 0 fully saturated rings. The van der Waals surface area contributed by atoms with Crippen LogP contribution in [0.3, 0.4) is 0 Å². The average Bonchev–Trinajstić information content (AvgIpc) is 3.24. The minimum Gasteiger partial charge on any atom is -0.481 e. The SMILES string of the molecule is COc1ccc(-c2nc(NC(=O)CCN(CCO)C(=O)OC(C)(C)C)cn2-c2ccccc2)cn1. The first-order valence-electron chi connectivity index (χ1n) is 11.2. The van der Waals surface area contributed by atoms with Gasteiger partial charge in [0.25, 0.3) is 0 Å². The number of nitrogens with zero attached hydrogens (tertiary/aromatic N) is 4. The summed E-state index contributed by atoms with van der Waals surface area (Å²) in [5.74, 6) is 1.11. The lowest BCUT2D eigenvalue weighted by Gasteiger charge is -2.26. The number of rotatable bonds is 9. The number of ether oxygens (including phenoxy) is 2. The van der Waals surface area contributed by atoms with E-state index in [1.165, 1.54) is 4.90 Å². The van der Waals surface area contributed by atoms with E-state index < -0.39 is 11.7 Å². The Balaban J connectivity index is 1.76. The lowest BCUT2D eigenvalue weighted by molar-refractivity contribution is -0.116. The minimum absolute atomic E-state index is 0.0108. The van der Waals surface area contributed by atoms with Crippen LogP contribution in [0.2, 0.25) is 0 Å². The van der Waals surface area contributed by atoms with Crippen molar-refractivity contribution in [2.24, 2.45) is 0 Å². The Kier molecular flexibility index (Phi) is 8.43. The van der Waals surface area contributed by atoms with E-state index in [0.717, 1.165) is 11.3 Å². The molecule has 3 rings (SSSR count). The summed E-state index contributed by atoms with van der Waals surface area (Å²) in [5.41, 5.74) is 0.934. The first-order valence-corrected chi connectivity index (χ1v) is 11.2. The van der Waals surface area contributed by atoms with Crippen LogP contribution in [0.25, 0.3) is 17.1 Å². The molecule has 1 aromatic carbocycles. The molecule has 3 aromatic rings. The molecule has 0 aliphatic carbocycles. The maximum atomic E-state index is 12.7. The van der Waals surface area contributed by atoms with Crippen molar-refractivity contribution in [3.8, 4) is 23.0 Å². The number of hydrogen-bond acceptors (Lipinski definition) is 7. The fourth-order valence-electron chi connectivity index (χ4n) is 3.25. The molecule has 0 saturated carbocycles. The van der Waals surface area contributed by atoms with E-state index in [9.17, 15) is 14.7 Å². The van der Waals surface area contributed by atoms with Crippen molar-refractivity contribution in [3.63, 3.8) is 0 Å². The molecule has 0 bridgehead atoms. The molecular weight excluding hydrogens is 450 g/mol. The summed E-state index contributed by atoms with van der Waals surface area (Å²) < 4.78 is 12.3. The van der Waals surface area contributed by atoms with Crippen LogP contribution in [-0.2, 0) is 9.53 Å². The van der Waals surface area contributed by atoms with Crippen LogP contribution in [0.1, 0.15) is 27.2 Å². The third-order valence-electron chi connectivity index (χ3n) is 4.84. The fraction of sp³-hybridized carbons (Fsp3) is 0.360. The third kappa shape index (κ3) is 7.28. The summed E-state index contributed by atoms with van der Waals surface area (Å²) in [7, 11) is 1.55. The summed E-state index contributed by atoms with van der Waals surface area (Å²) in [4.78, 5) is 35.2. The number of aliphatic hydroxyl groups is 1. The normalized spacial score (nSPS) is 11.1. The molecule has 0 saturated heterocycles. The minimum atomic E-state index is -0.677. The van der Waals surface area contributed by atoms with Crippen molar-refractivity contribution >= 4 is 17.8 Å². The number of benzene rings is 1. The molecule has 0 aliphatic rings. The highest BCUT2D eigenvalue weighted by Crippen LogP contribution is 2.25. The molecule has 10 heteroatoms. The fourth-order valence-corrected chi connectivity index (χ4v) is 3.25. The molecule has 2 aromatic heterocycles. The first kappa shape index (κ1) is 25.7. The van der Waals surface area contributed by atoms with E-state index in [1.54, 1.807) is 46.3 Å². The highest BCUT2D eigenvalue weighted by atomic mass is 16.6. The van der Waals surface area contributed by atoms with Gasteiger partial charge in [-0.1, -0.05) is 18.2 Å². The second kappa shape index (κ2) is 11.5. The number of imidazole rings is 1. The number of hydrogen-bond donors (Lipinski definition) is 2. The zero-order valence-corrected chi connectivity index (χ0v) is 20.4. The van der Waals surface area contributed by atoms with Crippen LogP contribution in [0, 0.1) is 0 Å². The van der Waals surface area contributed by atoms with Gasteiger partial charge < -0.3 is 24.8 Å². The lowest BCUT2D eigenvalue weighted by atomic mass is 10.2. The molecule has 0 spiro atoms. The largest absolute Gasteiger partial charge is 0.481 e. The summed E-state index contributed by atoms with van der Waals surface area (Å²) in [6.07, 6.45) is 2.81. The Morgan fingerprint density at radius 3 is 2.46 bits per heavy atom. The number of anilines is 1. The number of aliphatic hydroxyl groups excluding tert-OH is 1. The second-order valence-corrected chi connectivity index (χ2v) is 8.73. The average molecular weight is 482 g/mol. The predicted octanol–water partition coefficient (Wildman–Crippen LogP) is 3.50. The smallest absolute Gasteiger partial charge is 0.410 e. The number of nitrogens with one attached hydrogen (secondary N) is 1. The van der Waals surface area contributed by atoms with Gasteiger partial charge in [0.1, 0.15) is 11.4 Å². The van der Waals surface area contributed by atoms with Crippen LogP contribution >= 0.6 is 0 Å². The van der Waals surface area contributed by atoms with E-state index in [4.69, 9.17) is 9.47 Å². The first-order chi connectivity index (χ1) is 16.7. The molecule has 2 N–H and O–H groups in total. The summed E-state index contributed by atoms with van der Waals surface area (Å²) in [5, 5.41) is 12.1. The van der Waals surface area contributed by atoms with Gasteiger partial charge in [-0.25, -0.2) is 14.8 Å². The number of carbonyl (C=O) groups is 2. The Labute approximate surface area is 204 Å². The zero-order valence-electron chi connectivity index (χ0n) is 20.4. The molecule has 0 radical (unpaired) electrons. The van der Waals surface area contributed by atoms with Crippen LogP contribution in [0.4, 0.5) is 10.6 Å². The maximum Gasteiger partial charge on any atom is 0.410 e. The third-order valence-corrected chi connectivity index (χ3v) is 4.84. The monoisotopic (exact) mass is 481 g/mol. The van der Waals surface area contributed by atoms with Crippen LogP contribution in [0.15, 0.2) is 54.9 Å². The van der Waals surface area contributed by atoms with Crippen molar-refractivity contribution in [2.45, 2.75) is 32.8 Å². The number of para-hydroxylation sites is 1. The Morgan fingerprint density at radius 1 is 1.11 bits per heavy atom. The Hall–Kier alpha value is -3.92. The lowest BCUT2D eigenvalue weighted by Crippen LogP contribution is -2.40. The number of carbonyl (C=O) groups excluding carboxylic acids is 2. The van der Waals surface area contributed by atoms with Crippen molar-refractivity contribution in [1.82, 2.24) is 19.4 Å². The topological polar surface area (TPSA) is 119 Å². The van der Waals surface area contributed by atoms with E-state index in [0.29, 0.717) is 17.5 Å². The maximum absolute atomic E-state index is 12.7. The number of amides is 2.